The van der Waals surface area contributed by atoms with Gasteiger partial charge in [0, 0.05) is 37.2 Å². The topological polar surface area (TPSA) is 89.8 Å². The predicted octanol–water partition coefficient (Wildman–Crippen LogP) is 2.91. The molecular weight excluding hydrogens is 434 g/mol. The van der Waals surface area contributed by atoms with Crippen molar-refractivity contribution in [3.8, 4) is 22.8 Å². The molecule has 0 saturated carbocycles. The summed E-state index contributed by atoms with van der Waals surface area (Å²) in [6.07, 6.45) is 5.76. The van der Waals surface area contributed by atoms with Crippen LogP contribution in [0.3, 0.4) is 0 Å². The summed E-state index contributed by atoms with van der Waals surface area (Å²) in [6, 6.07) is 8.73. The van der Waals surface area contributed by atoms with Gasteiger partial charge in [0.25, 0.3) is 11.8 Å². The van der Waals surface area contributed by atoms with Crippen LogP contribution >= 0.6 is 11.6 Å². The first-order valence-electron chi connectivity index (χ1n) is 10.00. The first kappa shape index (κ1) is 21.6. The van der Waals surface area contributed by atoms with E-state index in [0.29, 0.717) is 25.3 Å². The predicted molar refractivity (Wildman–Crippen MR) is 117 cm³/mol. The molecular formula is C22H22ClN5O4. The van der Waals surface area contributed by atoms with E-state index in [1.807, 2.05) is 18.2 Å². The van der Waals surface area contributed by atoms with Crippen LogP contribution < -0.4 is 9.47 Å². The highest BCUT2D eigenvalue weighted by molar-refractivity contribution is 6.32. The van der Waals surface area contributed by atoms with Crippen LogP contribution in [0.1, 0.15) is 16.8 Å². The second-order valence-corrected chi connectivity index (χ2v) is 7.50. The van der Waals surface area contributed by atoms with Crippen LogP contribution in [0.15, 0.2) is 48.9 Å². The van der Waals surface area contributed by atoms with Crippen LogP contribution in [-0.4, -0.2) is 63.9 Å². The summed E-state index contributed by atoms with van der Waals surface area (Å²) in [5, 5.41) is 7.60. The second kappa shape index (κ2) is 9.27. The molecule has 32 heavy (non-hydrogen) atoms. The van der Waals surface area contributed by atoms with E-state index in [1.54, 1.807) is 35.4 Å². The number of amides is 2. The summed E-state index contributed by atoms with van der Waals surface area (Å²) in [7, 11) is 2.90. The second-order valence-electron chi connectivity index (χ2n) is 7.09. The third kappa shape index (κ3) is 4.11. The van der Waals surface area contributed by atoms with E-state index in [4.69, 9.17) is 21.1 Å². The Morgan fingerprint density at radius 3 is 2.50 bits per heavy atom. The van der Waals surface area contributed by atoms with Gasteiger partial charge in [-0.1, -0.05) is 11.6 Å². The van der Waals surface area contributed by atoms with E-state index in [-0.39, 0.29) is 28.8 Å². The highest BCUT2D eigenvalue weighted by atomic mass is 35.5. The highest BCUT2D eigenvalue weighted by Crippen LogP contribution is 2.37. The number of hydrogen-bond acceptors (Lipinski definition) is 6. The summed E-state index contributed by atoms with van der Waals surface area (Å²) >= 11 is 6.22. The minimum Gasteiger partial charge on any atom is -0.496 e. The van der Waals surface area contributed by atoms with Crippen molar-refractivity contribution in [2.24, 2.45) is 0 Å². The Hall–Kier alpha value is -3.59. The van der Waals surface area contributed by atoms with Gasteiger partial charge in [0.2, 0.25) is 0 Å². The van der Waals surface area contributed by atoms with Crippen LogP contribution in [0.5, 0.6) is 11.5 Å². The van der Waals surface area contributed by atoms with Crippen molar-refractivity contribution in [3.05, 3.63) is 59.5 Å². The molecule has 3 aromatic rings. The number of pyridine rings is 1. The summed E-state index contributed by atoms with van der Waals surface area (Å²) in [4.78, 5) is 30.5. The van der Waals surface area contributed by atoms with Gasteiger partial charge >= 0.3 is 0 Å². The fraction of sp³-hybridized carbons (Fsp3) is 0.273. The van der Waals surface area contributed by atoms with Gasteiger partial charge in [-0.2, -0.15) is 5.10 Å². The number of hydrogen-bond donors (Lipinski definition) is 0. The minimum absolute atomic E-state index is 0.00131. The summed E-state index contributed by atoms with van der Waals surface area (Å²) < 4.78 is 12.3. The maximum Gasteiger partial charge on any atom is 0.280 e. The molecule has 0 spiro atoms. The Morgan fingerprint density at radius 2 is 1.78 bits per heavy atom. The van der Waals surface area contributed by atoms with E-state index in [1.165, 1.54) is 24.2 Å². The normalized spacial score (nSPS) is 13.3. The number of rotatable bonds is 6. The quantitative estimate of drug-likeness (QED) is 0.567. The number of methoxy groups -OCH3 is 2. The first-order valence-corrected chi connectivity index (χ1v) is 10.4. The molecule has 1 saturated heterocycles. The van der Waals surface area contributed by atoms with Gasteiger partial charge in [-0.15, -0.1) is 0 Å². The molecule has 2 aromatic heterocycles. The standard InChI is InChI=1S/C22H22ClN5O4/c1-31-18-5-4-16(23)21(32-2)20(18)22(30)28-12-3-11-27(28)19(29)14-26-13-8-17(25-26)15-6-9-24-10-7-15/h4-10,13H,3,11-12,14H2,1-2H3. The molecule has 1 aliphatic heterocycles. The molecule has 1 aliphatic rings. The molecule has 0 bridgehead atoms. The number of halogens is 1. The van der Waals surface area contributed by atoms with E-state index < -0.39 is 5.91 Å². The zero-order valence-corrected chi connectivity index (χ0v) is 18.5. The number of carbonyl (C=O) groups is 2. The van der Waals surface area contributed by atoms with Gasteiger partial charge in [0.1, 0.15) is 17.9 Å². The Labute approximate surface area is 190 Å². The first-order chi connectivity index (χ1) is 15.5. The third-order valence-corrected chi connectivity index (χ3v) is 5.47. The molecule has 2 amide bonds. The maximum absolute atomic E-state index is 13.4. The fourth-order valence-corrected chi connectivity index (χ4v) is 3.90. The Bertz CT molecular complexity index is 1130. The minimum atomic E-state index is -0.412. The molecule has 0 aliphatic carbocycles. The van der Waals surface area contributed by atoms with Gasteiger partial charge in [0.15, 0.2) is 5.75 Å². The monoisotopic (exact) mass is 455 g/mol. The third-order valence-electron chi connectivity index (χ3n) is 5.18. The number of carbonyl (C=O) groups excluding carboxylic acids is 2. The summed E-state index contributed by atoms with van der Waals surface area (Å²) in [6.45, 7) is 0.817. The molecule has 9 nitrogen and oxygen atoms in total. The lowest BCUT2D eigenvalue weighted by Gasteiger charge is -2.29. The highest BCUT2D eigenvalue weighted by Gasteiger charge is 2.35. The smallest absolute Gasteiger partial charge is 0.280 e. The number of aromatic nitrogens is 3. The molecule has 1 aromatic carbocycles. The number of nitrogens with zero attached hydrogens (tertiary/aromatic N) is 5. The lowest BCUT2D eigenvalue weighted by Crippen LogP contribution is -2.46. The van der Waals surface area contributed by atoms with E-state index >= 15 is 0 Å². The number of benzene rings is 1. The average molecular weight is 456 g/mol. The molecule has 1 fully saturated rings. The van der Waals surface area contributed by atoms with Gasteiger partial charge in [-0.3, -0.25) is 19.3 Å². The average Bonchev–Trinajstić information content (AvgIpc) is 3.49. The van der Waals surface area contributed by atoms with Crippen LogP contribution in [0.25, 0.3) is 11.3 Å². The number of hydrazine groups is 1. The molecule has 0 unspecified atom stereocenters. The van der Waals surface area contributed by atoms with Gasteiger partial charge in [-0.25, -0.2) is 10.0 Å². The van der Waals surface area contributed by atoms with Crippen molar-refractivity contribution < 1.29 is 19.1 Å². The van der Waals surface area contributed by atoms with E-state index in [9.17, 15) is 9.59 Å². The SMILES string of the molecule is COc1ccc(Cl)c(OC)c1C(=O)N1CCCN1C(=O)Cn1ccc(-c2ccncc2)n1. The van der Waals surface area contributed by atoms with Crippen LogP contribution in [0, 0.1) is 0 Å². The van der Waals surface area contributed by atoms with Crippen LogP contribution in [0.4, 0.5) is 0 Å². The van der Waals surface area contributed by atoms with Crippen molar-refractivity contribution >= 4 is 23.4 Å². The lowest BCUT2D eigenvalue weighted by atomic mass is 10.1. The molecule has 3 heterocycles. The van der Waals surface area contributed by atoms with Crippen molar-refractivity contribution in [3.63, 3.8) is 0 Å². The maximum atomic E-state index is 13.4. The van der Waals surface area contributed by atoms with Crippen molar-refractivity contribution in [1.29, 1.82) is 0 Å². The molecule has 4 rings (SSSR count). The lowest BCUT2D eigenvalue weighted by molar-refractivity contribution is -0.141. The van der Waals surface area contributed by atoms with Crippen molar-refractivity contribution in [1.82, 2.24) is 24.8 Å². The zero-order chi connectivity index (χ0) is 22.7. The van der Waals surface area contributed by atoms with Crippen LogP contribution in [-0.2, 0) is 11.3 Å². The molecule has 166 valence electrons. The Kier molecular flexibility index (Phi) is 6.27. The molecule has 10 heteroatoms. The van der Waals surface area contributed by atoms with E-state index in [2.05, 4.69) is 10.1 Å². The van der Waals surface area contributed by atoms with Crippen LogP contribution in [0.2, 0.25) is 5.02 Å². The van der Waals surface area contributed by atoms with Gasteiger partial charge in [-0.05, 0) is 36.8 Å². The van der Waals surface area contributed by atoms with Crippen molar-refractivity contribution in [2.75, 3.05) is 27.3 Å². The summed E-state index contributed by atoms with van der Waals surface area (Å²) in [5.41, 5.74) is 1.83. The van der Waals surface area contributed by atoms with Gasteiger partial charge in [0.05, 0.1) is 24.9 Å². The molecule has 0 radical (unpaired) electrons. The molecule has 0 atom stereocenters. The van der Waals surface area contributed by atoms with E-state index in [0.717, 1.165) is 11.3 Å². The van der Waals surface area contributed by atoms with Gasteiger partial charge < -0.3 is 9.47 Å². The Morgan fingerprint density at radius 1 is 1.03 bits per heavy atom. The summed E-state index contributed by atoms with van der Waals surface area (Å²) in [5.74, 6) is -0.126. The fourth-order valence-electron chi connectivity index (χ4n) is 3.67. The molecule has 0 N–H and O–H groups in total. The largest absolute Gasteiger partial charge is 0.496 e. The number of ether oxygens (including phenoxy) is 2. The zero-order valence-electron chi connectivity index (χ0n) is 17.7. The Balaban J connectivity index is 1.54. The van der Waals surface area contributed by atoms with Crippen molar-refractivity contribution in [2.45, 2.75) is 13.0 Å².